The Morgan fingerprint density at radius 3 is 2.58 bits per heavy atom. The third kappa shape index (κ3) is 5.16. The number of rotatable bonds is 7. The smallest absolute Gasteiger partial charge is 0.256 e. The lowest BCUT2D eigenvalue weighted by Gasteiger charge is -2.18. The first-order valence-electron chi connectivity index (χ1n) is 9.97. The van der Waals surface area contributed by atoms with Gasteiger partial charge in [0, 0.05) is 30.2 Å². The maximum absolute atomic E-state index is 14.3. The van der Waals surface area contributed by atoms with Gasteiger partial charge in [-0.25, -0.2) is 4.39 Å². The van der Waals surface area contributed by atoms with E-state index in [-0.39, 0.29) is 29.2 Å². The van der Waals surface area contributed by atoms with Crippen molar-refractivity contribution in [2.24, 2.45) is 0 Å². The molecule has 1 atom stereocenters. The molecule has 0 aliphatic carbocycles. The summed E-state index contributed by atoms with van der Waals surface area (Å²) in [5.41, 5.74) is 1.87. The normalized spacial score (nSPS) is 11.9. The van der Waals surface area contributed by atoms with Crippen molar-refractivity contribution in [2.75, 3.05) is 11.9 Å². The van der Waals surface area contributed by atoms with E-state index in [1.165, 1.54) is 18.5 Å². The number of amides is 1. The summed E-state index contributed by atoms with van der Waals surface area (Å²) in [6.45, 7) is 5.51. The molecule has 2 heterocycles. The molecule has 0 aliphatic rings. The van der Waals surface area contributed by atoms with E-state index in [1.54, 1.807) is 37.3 Å². The molecule has 1 amide bonds. The molecule has 1 unspecified atom stereocenters. The Kier molecular flexibility index (Phi) is 6.81. The number of carbonyl (C=O) groups is 1. The van der Waals surface area contributed by atoms with Gasteiger partial charge in [0.1, 0.15) is 5.82 Å². The third-order valence-electron chi connectivity index (χ3n) is 4.71. The van der Waals surface area contributed by atoms with Crippen molar-refractivity contribution in [3.8, 4) is 11.1 Å². The molecule has 3 aromatic rings. The molecule has 0 radical (unpaired) electrons. The summed E-state index contributed by atoms with van der Waals surface area (Å²) in [5, 5.41) is 15.3. The van der Waals surface area contributed by atoms with Crippen molar-refractivity contribution in [1.82, 2.24) is 15.3 Å². The van der Waals surface area contributed by atoms with Crippen LogP contribution in [0.1, 0.15) is 42.7 Å². The van der Waals surface area contributed by atoms with E-state index in [0.29, 0.717) is 17.1 Å². The number of aliphatic hydroxyl groups is 1. The lowest BCUT2D eigenvalue weighted by molar-refractivity contribution is 0.0924. The van der Waals surface area contributed by atoms with Gasteiger partial charge in [-0.05, 0) is 31.0 Å². The van der Waals surface area contributed by atoms with Gasteiger partial charge in [0.05, 0.1) is 28.6 Å². The van der Waals surface area contributed by atoms with E-state index in [1.807, 2.05) is 13.8 Å². The van der Waals surface area contributed by atoms with Crippen LogP contribution in [-0.2, 0) is 0 Å². The van der Waals surface area contributed by atoms with Crippen LogP contribution in [0.25, 0.3) is 11.1 Å². The number of hydrogen-bond acceptors (Lipinski definition) is 5. The summed E-state index contributed by atoms with van der Waals surface area (Å²) in [4.78, 5) is 32.1. The molecule has 0 fully saturated rings. The van der Waals surface area contributed by atoms with Crippen LogP contribution in [0.5, 0.6) is 0 Å². The number of anilines is 2. The van der Waals surface area contributed by atoms with Crippen molar-refractivity contribution >= 4 is 17.3 Å². The van der Waals surface area contributed by atoms with Crippen molar-refractivity contribution in [2.45, 2.75) is 32.8 Å². The maximum atomic E-state index is 14.3. The zero-order chi connectivity index (χ0) is 22.5. The van der Waals surface area contributed by atoms with Crippen LogP contribution < -0.4 is 16.2 Å². The fraction of sp³-hybridized carbons (Fsp3) is 0.261. The van der Waals surface area contributed by atoms with Crippen LogP contribution in [0, 0.1) is 5.82 Å². The van der Waals surface area contributed by atoms with Gasteiger partial charge in [0.15, 0.2) is 0 Å². The Labute approximate surface area is 179 Å². The highest BCUT2D eigenvalue weighted by atomic mass is 19.1. The van der Waals surface area contributed by atoms with Crippen LogP contribution in [0.15, 0.2) is 53.6 Å². The van der Waals surface area contributed by atoms with Gasteiger partial charge in [-0.3, -0.25) is 14.6 Å². The number of hydrogen-bond donors (Lipinski definition) is 4. The SMILES string of the molecule is CC(O)CNC(=O)c1cnccc1Nc1cc(-c2ccccc2F)c(=O)[nH]c1C(C)C. The summed E-state index contributed by atoms with van der Waals surface area (Å²) in [5.74, 6) is -0.945. The first-order valence-corrected chi connectivity index (χ1v) is 9.97. The standard InChI is InChI=1S/C23H25FN4O3/c1-13(2)21-20(10-16(23(31)28-21)15-6-4-5-7-18(15)24)27-19-8-9-25-12-17(19)22(30)26-11-14(3)29/h4-10,12-14,29H,11H2,1-3H3,(H,25,27)(H,26,30)(H,28,31). The molecule has 7 nitrogen and oxygen atoms in total. The molecule has 162 valence electrons. The topological polar surface area (TPSA) is 107 Å². The van der Waals surface area contributed by atoms with E-state index >= 15 is 0 Å². The van der Waals surface area contributed by atoms with Gasteiger partial charge in [-0.2, -0.15) is 0 Å². The average Bonchev–Trinajstić information content (AvgIpc) is 2.73. The average molecular weight is 424 g/mol. The predicted molar refractivity (Wildman–Crippen MR) is 118 cm³/mol. The quantitative estimate of drug-likeness (QED) is 0.464. The second kappa shape index (κ2) is 9.53. The summed E-state index contributed by atoms with van der Waals surface area (Å²) in [6.07, 6.45) is 2.26. The molecule has 0 saturated carbocycles. The van der Waals surface area contributed by atoms with E-state index in [0.717, 1.165) is 0 Å². The Balaban J connectivity index is 2.06. The Hall–Kier alpha value is -3.52. The number of nitrogens with one attached hydrogen (secondary N) is 3. The zero-order valence-corrected chi connectivity index (χ0v) is 17.6. The number of pyridine rings is 2. The molecule has 0 saturated heterocycles. The molecule has 3 rings (SSSR count). The van der Waals surface area contributed by atoms with Crippen molar-refractivity contribution in [1.29, 1.82) is 0 Å². The molecule has 4 N–H and O–H groups in total. The molecule has 0 aliphatic heterocycles. The summed E-state index contributed by atoms with van der Waals surface area (Å²) >= 11 is 0. The maximum Gasteiger partial charge on any atom is 0.256 e. The summed E-state index contributed by atoms with van der Waals surface area (Å²) < 4.78 is 14.3. The van der Waals surface area contributed by atoms with Gasteiger partial charge < -0.3 is 20.7 Å². The minimum absolute atomic E-state index is 0.0424. The highest BCUT2D eigenvalue weighted by molar-refractivity contribution is 6.00. The zero-order valence-electron chi connectivity index (χ0n) is 17.6. The van der Waals surface area contributed by atoms with Gasteiger partial charge in [0.2, 0.25) is 0 Å². The fourth-order valence-electron chi connectivity index (χ4n) is 3.15. The number of carbonyl (C=O) groups excluding carboxylic acids is 1. The highest BCUT2D eigenvalue weighted by Crippen LogP contribution is 2.30. The van der Waals surface area contributed by atoms with E-state index in [2.05, 4.69) is 20.6 Å². The fourth-order valence-corrected chi connectivity index (χ4v) is 3.15. The van der Waals surface area contributed by atoms with Gasteiger partial charge in [-0.1, -0.05) is 32.0 Å². The van der Waals surface area contributed by atoms with Gasteiger partial charge >= 0.3 is 0 Å². The second-order valence-corrected chi connectivity index (χ2v) is 7.58. The molecule has 0 spiro atoms. The number of aliphatic hydroxyl groups excluding tert-OH is 1. The molecule has 31 heavy (non-hydrogen) atoms. The summed E-state index contributed by atoms with van der Waals surface area (Å²) in [6, 6.07) is 9.28. The molecular weight excluding hydrogens is 399 g/mol. The Morgan fingerprint density at radius 2 is 1.90 bits per heavy atom. The highest BCUT2D eigenvalue weighted by Gasteiger charge is 2.18. The minimum atomic E-state index is -0.688. The Morgan fingerprint density at radius 1 is 1.16 bits per heavy atom. The first kappa shape index (κ1) is 22.2. The largest absolute Gasteiger partial charge is 0.392 e. The van der Waals surface area contributed by atoms with Crippen LogP contribution in [0.2, 0.25) is 0 Å². The lowest BCUT2D eigenvalue weighted by atomic mass is 10.0. The number of nitrogens with zero attached hydrogens (tertiary/aromatic N) is 1. The predicted octanol–water partition coefficient (Wildman–Crippen LogP) is 3.55. The lowest BCUT2D eigenvalue weighted by Crippen LogP contribution is -2.31. The van der Waals surface area contributed by atoms with Crippen LogP contribution in [0.3, 0.4) is 0 Å². The van der Waals surface area contributed by atoms with Crippen LogP contribution >= 0.6 is 0 Å². The molecule has 2 aromatic heterocycles. The second-order valence-electron chi connectivity index (χ2n) is 7.58. The van der Waals surface area contributed by atoms with Crippen LogP contribution in [-0.4, -0.2) is 33.6 Å². The van der Waals surface area contributed by atoms with E-state index in [9.17, 15) is 19.1 Å². The molecule has 8 heteroatoms. The van der Waals surface area contributed by atoms with E-state index < -0.39 is 23.4 Å². The summed E-state index contributed by atoms with van der Waals surface area (Å²) in [7, 11) is 0. The third-order valence-corrected chi connectivity index (χ3v) is 4.71. The number of benzene rings is 1. The van der Waals surface area contributed by atoms with Gasteiger partial charge in [0.25, 0.3) is 11.5 Å². The molecule has 0 bridgehead atoms. The van der Waals surface area contributed by atoms with Crippen molar-refractivity contribution in [3.05, 3.63) is 76.2 Å². The van der Waals surface area contributed by atoms with Crippen molar-refractivity contribution in [3.63, 3.8) is 0 Å². The number of aromatic nitrogens is 2. The van der Waals surface area contributed by atoms with Crippen LogP contribution in [0.4, 0.5) is 15.8 Å². The number of halogens is 1. The minimum Gasteiger partial charge on any atom is -0.392 e. The molecule has 1 aromatic carbocycles. The van der Waals surface area contributed by atoms with E-state index in [4.69, 9.17) is 0 Å². The van der Waals surface area contributed by atoms with Crippen molar-refractivity contribution < 1.29 is 14.3 Å². The number of aromatic amines is 1. The number of H-pyrrole nitrogens is 1. The monoisotopic (exact) mass is 424 g/mol. The first-order chi connectivity index (χ1) is 14.8. The Bertz CT molecular complexity index is 1140. The van der Waals surface area contributed by atoms with Gasteiger partial charge in [-0.15, -0.1) is 0 Å². The molecular formula is C23H25FN4O3.